The smallest absolute Gasteiger partial charge is 0.317 e. The molecule has 0 bridgehead atoms. The minimum absolute atomic E-state index is 0.00249. The van der Waals surface area contributed by atoms with E-state index in [2.05, 4.69) is 10.6 Å². The third-order valence-corrected chi connectivity index (χ3v) is 5.54. The molecular weight excluding hydrogens is 358 g/mol. The lowest BCUT2D eigenvalue weighted by molar-refractivity contribution is -0.140. The highest BCUT2D eigenvalue weighted by Crippen LogP contribution is 2.26. The van der Waals surface area contributed by atoms with Gasteiger partial charge >= 0.3 is 5.97 Å². The van der Waals surface area contributed by atoms with E-state index in [1.54, 1.807) is 24.3 Å². The van der Waals surface area contributed by atoms with Crippen LogP contribution in [0, 0.1) is 5.92 Å². The number of nitrogens with zero attached hydrogens (tertiary/aromatic N) is 1. The number of benzene rings is 1. The molecule has 0 saturated heterocycles. The maximum atomic E-state index is 12.8. The van der Waals surface area contributed by atoms with Crippen LogP contribution in [-0.4, -0.2) is 59.0 Å². The van der Waals surface area contributed by atoms with Gasteiger partial charge in [0.25, 0.3) is 5.91 Å². The summed E-state index contributed by atoms with van der Waals surface area (Å²) in [5.41, 5.74) is 0.527. The highest BCUT2D eigenvalue weighted by Gasteiger charge is 2.36. The Balaban J connectivity index is 1.92. The summed E-state index contributed by atoms with van der Waals surface area (Å²) in [7, 11) is 0. The predicted molar refractivity (Wildman–Crippen MR) is 107 cm³/mol. The van der Waals surface area contributed by atoms with Crippen LogP contribution in [0.4, 0.5) is 0 Å². The van der Waals surface area contributed by atoms with E-state index in [1.807, 2.05) is 31.7 Å². The van der Waals surface area contributed by atoms with Gasteiger partial charge < -0.3 is 15.7 Å². The first-order valence-corrected chi connectivity index (χ1v) is 9.97. The maximum absolute atomic E-state index is 12.8. The molecule has 1 aromatic rings. The molecule has 1 saturated carbocycles. The zero-order valence-electron chi connectivity index (χ0n) is 16.9. The highest BCUT2D eigenvalue weighted by molar-refractivity contribution is 5.97. The van der Waals surface area contributed by atoms with Crippen LogP contribution >= 0.6 is 0 Å². The Morgan fingerprint density at radius 3 is 2.36 bits per heavy atom. The monoisotopic (exact) mass is 389 g/mol. The molecule has 0 radical (unpaired) electrons. The molecule has 1 fully saturated rings. The number of carboxylic acids is 1. The molecule has 2 atom stereocenters. The van der Waals surface area contributed by atoms with E-state index in [-0.39, 0.29) is 36.4 Å². The number of amides is 2. The number of hydrogen-bond donors (Lipinski definition) is 3. The molecule has 2 unspecified atom stereocenters. The molecule has 2 amide bonds. The Morgan fingerprint density at radius 1 is 1.18 bits per heavy atom. The van der Waals surface area contributed by atoms with E-state index in [1.165, 1.54) is 0 Å². The number of carbonyl (C=O) groups is 3. The molecular formula is C21H31N3O4. The number of carbonyl (C=O) groups excluding carboxylic acids is 2. The van der Waals surface area contributed by atoms with Crippen LogP contribution in [0.15, 0.2) is 30.3 Å². The molecule has 7 heteroatoms. The second-order valence-corrected chi connectivity index (χ2v) is 7.49. The van der Waals surface area contributed by atoms with Crippen molar-refractivity contribution < 1.29 is 19.5 Å². The highest BCUT2D eigenvalue weighted by atomic mass is 16.4. The Kier molecular flexibility index (Phi) is 7.99. The molecule has 0 aliphatic heterocycles. The number of carboxylic acid groups (broad SMARTS) is 1. The van der Waals surface area contributed by atoms with E-state index in [0.717, 1.165) is 19.3 Å². The Bertz CT molecular complexity index is 673. The van der Waals surface area contributed by atoms with Gasteiger partial charge in [-0.05, 0) is 37.4 Å². The molecule has 0 spiro atoms. The van der Waals surface area contributed by atoms with Crippen LogP contribution < -0.4 is 10.6 Å². The minimum atomic E-state index is -0.838. The van der Waals surface area contributed by atoms with E-state index in [9.17, 15) is 14.4 Å². The molecule has 2 rings (SSSR count). The summed E-state index contributed by atoms with van der Waals surface area (Å²) in [5, 5.41) is 14.9. The van der Waals surface area contributed by atoms with E-state index in [0.29, 0.717) is 12.1 Å². The first-order chi connectivity index (χ1) is 13.3. The van der Waals surface area contributed by atoms with Crippen LogP contribution in [0.2, 0.25) is 0 Å². The van der Waals surface area contributed by atoms with Gasteiger partial charge in [0.2, 0.25) is 5.91 Å². The van der Waals surface area contributed by atoms with Gasteiger partial charge in [0.05, 0.1) is 6.54 Å². The number of rotatable bonds is 10. The summed E-state index contributed by atoms with van der Waals surface area (Å²) < 4.78 is 0. The van der Waals surface area contributed by atoms with Crippen LogP contribution in [0.3, 0.4) is 0 Å². The lowest BCUT2D eigenvalue weighted by Gasteiger charge is -2.42. The van der Waals surface area contributed by atoms with Crippen LogP contribution in [0.5, 0.6) is 0 Å². The quantitative estimate of drug-likeness (QED) is 0.568. The maximum Gasteiger partial charge on any atom is 0.317 e. The Morgan fingerprint density at radius 2 is 1.82 bits per heavy atom. The summed E-state index contributed by atoms with van der Waals surface area (Å²) in [6.07, 6.45) is 2.22. The van der Waals surface area contributed by atoms with Crippen molar-refractivity contribution in [2.45, 2.75) is 58.2 Å². The number of nitrogens with one attached hydrogen (secondary N) is 2. The van der Waals surface area contributed by atoms with Crippen molar-refractivity contribution in [3.63, 3.8) is 0 Å². The van der Waals surface area contributed by atoms with Crippen LogP contribution in [-0.2, 0) is 9.59 Å². The first kappa shape index (κ1) is 21.9. The summed E-state index contributed by atoms with van der Waals surface area (Å²) in [4.78, 5) is 38.1. The zero-order chi connectivity index (χ0) is 20.7. The third kappa shape index (κ3) is 5.79. The van der Waals surface area contributed by atoms with Gasteiger partial charge in [-0.25, -0.2) is 0 Å². The van der Waals surface area contributed by atoms with Crippen molar-refractivity contribution in [1.29, 1.82) is 0 Å². The topological polar surface area (TPSA) is 98.7 Å². The van der Waals surface area contributed by atoms with E-state index < -0.39 is 12.0 Å². The third-order valence-electron chi connectivity index (χ3n) is 5.54. The predicted octanol–water partition coefficient (Wildman–Crippen LogP) is 1.88. The standard InChI is InChI=1S/C21H31N3O4/c1-4-14(3)19(23-20(27)15-9-7-6-8-10-15)21(28)22-16-11-17(12-16)24(5-2)13-18(25)26/h6-10,14,16-17,19H,4-5,11-13H2,1-3H3,(H,22,28)(H,23,27)(H,25,26). The summed E-state index contributed by atoms with van der Waals surface area (Å²) in [6.45, 7) is 6.56. The fraction of sp³-hybridized carbons (Fsp3) is 0.571. The molecule has 1 aromatic carbocycles. The summed E-state index contributed by atoms with van der Waals surface area (Å²) in [5.74, 6) is -1.27. The van der Waals surface area contributed by atoms with Crippen molar-refractivity contribution in [2.75, 3.05) is 13.1 Å². The van der Waals surface area contributed by atoms with Crippen molar-refractivity contribution in [1.82, 2.24) is 15.5 Å². The normalized spacial score (nSPS) is 20.7. The lowest BCUT2D eigenvalue weighted by atomic mass is 9.84. The largest absolute Gasteiger partial charge is 0.480 e. The zero-order valence-corrected chi connectivity index (χ0v) is 16.9. The molecule has 3 N–H and O–H groups in total. The Labute approximate surface area is 166 Å². The summed E-state index contributed by atoms with van der Waals surface area (Å²) >= 11 is 0. The van der Waals surface area contributed by atoms with E-state index in [4.69, 9.17) is 5.11 Å². The van der Waals surface area contributed by atoms with Crippen molar-refractivity contribution in [2.24, 2.45) is 5.92 Å². The second-order valence-electron chi connectivity index (χ2n) is 7.49. The van der Waals surface area contributed by atoms with Crippen LogP contribution in [0.25, 0.3) is 0 Å². The molecule has 154 valence electrons. The molecule has 0 aromatic heterocycles. The van der Waals surface area contributed by atoms with E-state index >= 15 is 0 Å². The average Bonchev–Trinajstić information content (AvgIpc) is 2.66. The molecule has 28 heavy (non-hydrogen) atoms. The van der Waals surface area contributed by atoms with Gasteiger partial charge in [0.15, 0.2) is 0 Å². The molecule has 1 aliphatic rings. The van der Waals surface area contributed by atoms with Gasteiger partial charge in [-0.15, -0.1) is 0 Å². The van der Waals surface area contributed by atoms with Crippen molar-refractivity contribution in [3.05, 3.63) is 35.9 Å². The fourth-order valence-corrected chi connectivity index (χ4v) is 3.48. The van der Waals surface area contributed by atoms with Crippen molar-refractivity contribution >= 4 is 17.8 Å². The lowest BCUT2D eigenvalue weighted by Crippen LogP contribution is -2.59. The minimum Gasteiger partial charge on any atom is -0.480 e. The summed E-state index contributed by atoms with van der Waals surface area (Å²) in [6, 6.07) is 8.45. The van der Waals surface area contributed by atoms with Crippen molar-refractivity contribution in [3.8, 4) is 0 Å². The molecule has 7 nitrogen and oxygen atoms in total. The van der Waals surface area contributed by atoms with Gasteiger partial charge in [0.1, 0.15) is 6.04 Å². The number of aliphatic carboxylic acids is 1. The fourth-order valence-electron chi connectivity index (χ4n) is 3.48. The first-order valence-electron chi connectivity index (χ1n) is 9.97. The number of hydrogen-bond acceptors (Lipinski definition) is 4. The number of likely N-dealkylation sites (N-methyl/N-ethyl adjacent to an activating group) is 1. The van der Waals surface area contributed by atoms with Gasteiger partial charge in [-0.2, -0.15) is 0 Å². The molecule has 1 aliphatic carbocycles. The average molecular weight is 389 g/mol. The SMILES string of the molecule is CCC(C)C(NC(=O)c1ccccc1)C(=O)NC1CC(N(CC)CC(=O)O)C1. The Hall–Kier alpha value is -2.41. The van der Waals surface area contributed by atoms with Gasteiger partial charge in [-0.3, -0.25) is 19.3 Å². The second kappa shape index (κ2) is 10.2. The van der Waals surface area contributed by atoms with Crippen LogP contribution in [0.1, 0.15) is 50.4 Å². The van der Waals surface area contributed by atoms with Gasteiger partial charge in [0, 0.05) is 17.6 Å². The molecule has 0 heterocycles. The van der Waals surface area contributed by atoms with Gasteiger partial charge in [-0.1, -0.05) is 45.4 Å².